The van der Waals surface area contributed by atoms with Crippen LogP contribution in [0.4, 0.5) is 13.2 Å². The summed E-state index contributed by atoms with van der Waals surface area (Å²) in [5.74, 6) is -0.0975. The van der Waals surface area contributed by atoms with Gasteiger partial charge in [-0.3, -0.25) is 5.01 Å². The van der Waals surface area contributed by atoms with E-state index in [0.29, 0.717) is 23.7 Å². The van der Waals surface area contributed by atoms with Crippen LogP contribution in [0.1, 0.15) is 22.6 Å². The van der Waals surface area contributed by atoms with Crippen LogP contribution in [0.2, 0.25) is 5.02 Å². The molecule has 1 atom stereocenters. The first kappa shape index (κ1) is 24.7. The third-order valence-corrected chi connectivity index (χ3v) is 6.93. The summed E-state index contributed by atoms with van der Waals surface area (Å²) in [5.41, 5.74) is 1.74. The molecule has 0 N–H and O–H groups in total. The zero-order valence-electron chi connectivity index (χ0n) is 18.4. The summed E-state index contributed by atoms with van der Waals surface area (Å²) in [6.45, 7) is 0.421. The molecule has 0 saturated heterocycles. The highest BCUT2D eigenvalue weighted by Crippen LogP contribution is 2.31. The average molecular weight is 521 g/mol. The summed E-state index contributed by atoms with van der Waals surface area (Å²) in [4.78, 5) is -0.343. The van der Waals surface area contributed by atoms with E-state index in [2.05, 4.69) is 9.50 Å². The fourth-order valence-corrected chi connectivity index (χ4v) is 4.57. The zero-order chi connectivity index (χ0) is 25.2. The van der Waals surface area contributed by atoms with Gasteiger partial charge in [0.1, 0.15) is 6.34 Å². The number of benzene rings is 3. The Morgan fingerprint density at radius 2 is 1.66 bits per heavy atom. The summed E-state index contributed by atoms with van der Waals surface area (Å²) in [6.07, 6.45) is -3.49. The molecule has 1 heterocycles. The molecule has 0 amide bonds. The maximum atomic E-state index is 12.8. The lowest BCUT2D eigenvalue weighted by Gasteiger charge is -2.24. The molecule has 3 aromatic rings. The second kappa shape index (κ2) is 9.71. The molecule has 35 heavy (non-hydrogen) atoms. The molecule has 0 bridgehead atoms. The minimum Gasteiger partial charge on any atom is -0.261 e. The second-order valence-corrected chi connectivity index (χ2v) is 9.87. The lowest BCUT2D eigenvalue weighted by molar-refractivity contribution is -0.137. The molecule has 0 fully saturated rings. The van der Waals surface area contributed by atoms with Crippen LogP contribution in [0.15, 0.2) is 93.3 Å². The summed E-state index contributed by atoms with van der Waals surface area (Å²) in [5, 5.41) is 8.27. The largest absolute Gasteiger partial charge is 0.416 e. The Labute approximate surface area is 206 Å². The third-order valence-electron chi connectivity index (χ3n) is 5.44. The number of hydrazone groups is 1. The van der Waals surface area contributed by atoms with Crippen molar-refractivity contribution in [3.05, 3.63) is 101 Å². The fraction of sp³-hybridized carbons (Fsp3) is 0.167. The second-order valence-electron chi connectivity index (χ2n) is 7.80. The van der Waals surface area contributed by atoms with Gasteiger partial charge in [0.25, 0.3) is 10.0 Å². The molecule has 0 radical (unpaired) electrons. The van der Waals surface area contributed by atoms with Gasteiger partial charge >= 0.3 is 6.18 Å². The minimum atomic E-state index is -4.56. The van der Waals surface area contributed by atoms with Gasteiger partial charge in [0.05, 0.1) is 28.6 Å². The van der Waals surface area contributed by atoms with Crippen molar-refractivity contribution in [1.29, 1.82) is 0 Å². The van der Waals surface area contributed by atoms with Crippen molar-refractivity contribution in [3.8, 4) is 0 Å². The predicted molar refractivity (Wildman–Crippen MR) is 129 cm³/mol. The van der Waals surface area contributed by atoms with Gasteiger partial charge in [0.15, 0.2) is 0 Å². The van der Waals surface area contributed by atoms with Crippen molar-refractivity contribution >= 4 is 33.7 Å². The first-order valence-electron chi connectivity index (χ1n) is 10.4. The number of hydrogen-bond acceptors (Lipinski definition) is 4. The van der Waals surface area contributed by atoms with Gasteiger partial charge in [-0.2, -0.15) is 26.7 Å². The highest BCUT2D eigenvalue weighted by atomic mass is 35.5. The van der Waals surface area contributed by atoms with Gasteiger partial charge in [-0.1, -0.05) is 54.1 Å². The van der Waals surface area contributed by atoms with Gasteiger partial charge in [-0.25, -0.2) is 5.12 Å². The van der Waals surface area contributed by atoms with Crippen LogP contribution < -0.4 is 0 Å². The quantitative estimate of drug-likeness (QED) is 0.321. The van der Waals surface area contributed by atoms with Crippen LogP contribution in [0.5, 0.6) is 0 Å². The van der Waals surface area contributed by atoms with E-state index in [1.165, 1.54) is 5.01 Å². The van der Waals surface area contributed by atoms with Crippen molar-refractivity contribution < 1.29 is 21.6 Å². The molecule has 1 aliphatic heterocycles. The van der Waals surface area contributed by atoms with Crippen LogP contribution >= 0.6 is 11.6 Å². The van der Waals surface area contributed by atoms with E-state index in [-0.39, 0.29) is 10.8 Å². The van der Waals surface area contributed by atoms with E-state index < -0.39 is 21.8 Å². The SMILES string of the molecule is CN(C=NS(=O)(=O)c1ccc(C(F)(F)F)cc1)N1CC(c2ccccc2)C(c2ccc(Cl)cc2)=N1. The molecule has 0 saturated carbocycles. The Hall–Kier alpha value is -3.37. The molecule has 3 aromatic carbocycles. The minimum absolute atomic E-state index is 0.0975. The number of alkyl halides is 3. The molecular weight excluding hydrogens is 501 g/mol. The first-order valence-corrected chi connectivity index (χ1v) is 12.2. The summed E-state index contributed by atoms with van der Waals surface area (Å²) >= 11 is 6.03. The Morgan fingerprint density at radius 1 is 1.03 bits per heavy atom. The monoisotopic (exact) mass is 520 g/mol. The van der Waals surface area contributed by atoms with E-state index in [1.807, 2.05) is 42.5 Å². The number of halogens is 4. The zero-order valence-corrected chi connectivity index (χ0v) is 20.0. The number of hydrazine groups is 1. The molecule has 6 nitrogen and oxygen atoms in total. The predicted octanol–water partition coefficient (Wildman–Crippen LogP) is 5.43. The van der Waals surface area contributed by atoms with Crippen LogP contribution in [0.3, 0.4) is 0 Å². The van der Waals surface area contributed by atoms with Gasteiger partial charge in [0, 0.05) is 12.1 Å². The molecule has 182 valence electrons. The third kappa shape index (κ3) is 5.66. The van der Waals surface area contributed by atoms with E-state index in [4.69, 9.17) is 11.6 Å². The normalized spacial score (nSPS) is 16.5. The molecule has 11 heteroatoms. The maximum absolute atomic E-state index is 12.8. The summed E-state index contributed by atoms with van der Waals surface area (Å²) in [6, 6.07) is 20.2. The lowest BCUT2D eigenvalue weighted by atomic mass is 9.91. The fourth-order valence-electron chi connectivity index (χ4n) is 3.58. The van der Waals surface area contributed by atoms with Gasteiger partial charge in [-0.15, -0.1) is 4.40 Å². The highest BCUT2D eigenvalue weighted by molar-refractivity contribution is 7.90. The molecule has 0 spiro atoms. The van der Waals surface area contributed by atoms with E-state index >= 15 is 0 Å². The van der Waals surface area contributed by atoms with Crippen molar-refractivity contribution in [2.75, 3.05) is 13.6 Å². The number of hydrogen-bond donors (Lipinski definition) is 0. The Morgan fingerprint density at radius 3 is 2.26 bits per heavy atom. The highest BCUT2D eigenvalue weighted by Gasteiger charge is 2.32. The molecule has 1 unspecified atom stereocenters. The van der Waals surface area contributed by atoms with Crippen molar-refractivity contribution in [2.45, 2.75) is 17.0 Å². The smallest absolute Gasteiger partial charge is 0.261 e. The number of nitrogens with zero attached hydrogens (tertiary/aromatic N) is 4. The Bertz CT molecular complexity index is 1340. The van der Waals surface area contributed by atoms with E-state index in [1.54, 1.807) is 24.3 Å². The summed E-state index contributed by atoms with van der Waals surface area (Å²) < 4.78 is 67.0. The van der Waals surface area contributed by atoms with E-state index in [9.17, 15) is 21.6 Å². The van der Waals surface area contributed by atoms with Gasteiger partial charge in [-0.05, 0) is 47.5 Å². The first-order chi connectivity index (χ1) is 16.5. The Balaban J connectivity index is 1.57. The lowest BCUT2D eigenvalue weighted by Crippen LogP contribution is -2.34. The number of sulfonamides is 1. The standard InChI is InChI=1S/C24H20ClF3N4O2S/c1-31(16-29-35(33,34)21-13-9-19(10-14-21)24(26,27)28)32-15-22(17-5-3-2-4-6-17)23(30-32)18-7-11-20(25)12-8-18/h2-14,16,22H,15H2,1H3. The summed E-state index contributed by atoms with van der Waals surface area (Å²) in [7, 11) is -2.63. The van der Waals surface area contributed by atoms with Crippen molar-refractivity contribution in [3.63, 3.8) is 0 Å². The molecule has 1 aliphatic rings. The average Bonchev–Trinajstić information content (AvgIpc) is 3.29. The van der Waals surface area contributed by atoms with E-state index in [0.717, 1.165) is 35.3 Å². The van der Waals surface area contributed by atoms with Crippen LogP contribution in [-0.4, -0.2) is 44.2 Å². The molecule has 0 aromatic heterocycles. The van der Waals surface area contributed by atoms with Crippen LogP contribution in [0, 0.1) is 0 Å². The Kier molecular flexibility index (Phi) is 6.86. The van der Waals surface area contributed by atoms with Crippen molar-refractivity contribution in [1.82, 2.24) is 10.1 Å². The van der Waals surface area contributed by atoms with Crippen molar-refractivity contribution in [2.24, 2.45) is 9.50 Å². The van der Waals surface area contributed by atoms with Gasteiger partial charge in [0.2, 0.25) is 0 Å². The number of rotatable bonds is 6. The molecular formula is C24H20ClF3N4O2S. The van der Waals surface area contributed by atoms with Crippen LogP contribution in [-0.2, 0) is 16.2 Å². The topological polar surface area (TPSA) is 65.3 Å². The molecule has 0 aliphatic carbocycles. The maximum Gasteiger partial charge on any atom is 0.416 e. The molecule has 4 rings (SSSR count). The van der Waals surface area contributed by atoms with Crippen LogP contribution in [0.25, 0.3) is 0 Å². The van der Waals surface area contributed by atoms with Gasteiger partial charge < -0.3 is 0 Å².